The minimum absolute atomic E-state index is 0.112. The normalized spacial score (nSPS) is 67.8. The first-order valence-electron chi connectivity index (χ1n) is 4.60. The lowest BCUT2D eigenvalue weighted by atomic mass is 9.91. The van der Waals surface area contributed by atoms with Gasteiger partial charge in [-0.15, -0.1) is 0 Å². The molecule has 68 valence electrons. The summed E-state index contributed by atoms with van der Waals surface area (Å²) in [6.07, 6.45) is 1.83. The van der Waals surface area contributed by atoms with E-state index < -0.39 is 5.60 Å². The molecule has 0 radical (unpaired) electrons. The van der Waals surface area contributed by atoms with Crippen LogP contribution in [0.4, 0.5) is 0 Å². The highest BCUT2D eigenvalue weighted by Crippen LogP contribution is 2.58. The molecular weight excluding hydrogens is 156 g/mol. The number of ether oxygens (including phenoxy) is 2. The monoisotopic (exact) mass is 170 g/mol. The maximum absolute atomic E-state index is 9.76. The zero-order valence-electron chi connectivity index (χ0n) is 7.41. The van der Waals surface area contributed by atoms with Crippen molar-refractivity contribution in [1.82, 2.24) is 0 Å². The highest BCUT2D eigenvalue weighted by atomic mass is 16.7. The molecule has 0 aliphatic carbocycles. The van der Waals surface area contributed by atoms with E-state index in [0.29, 0.717) is 0 Å². The van der Waals surface area contributed by atoms with Crippen LogP contribution in [0.25, 0.3) is 0 Å². The van der Waals surface area contributed by atoms with Crippen LogP contribution in [0.15, 0.2) is 0 Å². The van der Waals surface area contributed by atoms with Crippen LogP contribution in [0.2, 0.25) is 0 Å². The molecule has 5 atom stereocenters. The van der Waals surface area contributed by atoms with E-state index in [1.807, 2.05) is 6.92 Å². The molecule has 0 unspecified atom stereocenters. The van der Waals surface area contributed by atoms with E-state index in [9.17, 15) is 5.11 Å². The highest BCUT2D eigenvalue weighted by molar-refractivity contribution is 5.20. The van der Waals surface area contributed by atoms with Gasteiger partial charge in [0.15, 0.2) is 0 Å². The molecule has 3 heterocycles. The van der Waals surface area contributed by atoms with Crippen molar-refractivity contribution < 1.29 is 14.6 Å². The summed E-state index contributed by atoms with van der Waals surface area (Å²) >= 11 is 0. The van der Waals surface area contributed by atoms with Crippen LogP contribution in [0, 0.1) is 0 Å². The minimum atomic E-state index is -0.419. The Morgan fingerprint density at radius 2 is 2.08 bits per heavy atom. The molecule has 12 heavy (non-hydrogen) atoms. The zero-order valence-corrected chi connectivity index (χ0v) is 7.41. The summed E-state index contributed by atoms with van der Waals surface area (Å²) in [7, 11) is 0. The lowest BCUT2D eigenvalue weighted by Crippen LogP contribution is -2.51. The predicted molar refractivity (Wildman–Crippen MR) is 41.8 cm³/mol. The maximum atomic E-state index is 9.76. The van der Waals surface area contributed by atoms with Crippen LogP contribution in [0.5, 0.6) is 0 Å². The van der Waals surface area contributed by atoms with Crippen molar-refractivity contribution in [2.24, 2.45) is 0 Å². The first-order valence-corrected chi connectivity index (χ1v) is 4.60. The van der Waals surface area contributed by atoms with Gasteiger partial charge in [-0.2, -0.15) is 0 Å². The van der Waals surface area contributed by atoms with Crippen LogP contribution < -0.4 is 0 Å². The van der Waals surface area contributed by atoms with Gasteiger partial charge in [0.05, 0.1) is 11.7 Å². The molecule has 3 rings (SSSR count). The Bertz CT molecular complexity index is 242. The number of fused-ring (bicyclic) bond motifs is 5. The van der Waals surface area contributed by atoms with Gasteiger partial charge in [0, 0.05) is 0 Å². The molecule has 3 heteroatoms. The van der Waals surface area contributed by atoms with Crippen LogP contribution >= 0.6 is 0 Å². The van der Waals surface area contributed by atoms with Crippen LogP contribution in [-0.2, 0) is 9.47 Å². The summed E-state index contributed by atoms with van der Waals surface area (Å²) in [6.45, 7) is 4.06. The van der Waals surface area contributed by atoms with Crippen molar-refractivity contribution in [2.45, 2.75) is 56.2 Å². The summed E-state index contributed by atoms with van der Waals surface area (Å²) in [5.41, 5.74) is -0.531. The van der Waals surface area contributed by atoms with Gasteiger partial charge in [-0.05, 0) is 26.7 Å². The number of hydrogen-bond acceptors (Lipinski definition) is 3. The molecule has 3 aliphatic heterocycles. The number of hydrogen-bond donors (Lipinski definition) is 1. The van der Waals surface area contributed by atoms with E-state index >= 15 is 0 Å². The standard InChI is InChI=1S/C9H14O3/c1-8-4-3-5(10)9(2,12-8)7-6(8)11-7/h5-7,10H,3-4H2,1-2H3/t5-,6+,7-,8-,9+/m0/s1. The SMILES string of the molecule is C[C@@]12O[C@@](C)(CC[C@@H]1O)[C@@H]1O[C@@H]12. The lowest BCUT2D eigenvalue weighted by Gasteiger charge is -2.42. The number of rotatable bonds is 0. The van der Waals surface area contributed by atoms with Crippen molar-refractivity contribution >= 4 is 0 Å². The summed E-state index contributed by atoms with van der Waals surface area (Å²) in [6, 6.07) is 0. The Hall–Kier alpha value is -0.120. The number of aliphatic hydroxyl groups excluding tert-OH is 1. The Balaban J connectivity index is 2.02. The van der Waals surface area contributed by atoms with Crippen molar-refractivity contribution in [2.75, 3.05) is 0 Å². The van der Waals surface area contributed by atoms with Gasteiger partial charge < -0.3 is 14.6 Å². The van der Waals surface area contributed by atoms with E-state index in [1.54, 1.807) is 0 Å². The molecule has 2 bridgehead atoms. The fourth-order valence-corrected chi connectivity index (χ4v) is 2.79. The van der Waals surface area contributed by atoms with E-state index in [0.717, 1.165) is 12.8 Å². The summed E-state index contributed by atoms with van der Waals surface area (Å²) in [5, 5.41) is 9.76. The Labute approximate surface area is 71.7 Å². The molecule has 1 N–H and O–H groups in total. The Morgan fingerprint density at radius 1 is 1.33 bits per heavy atom. The molecule has 0 amide bonds. The van der Waals surface area contributed by atoms with Crippen molar-refractivity contribution in [3.8, 4) is 0 Å². The quantitative estimate of drug-likeness (QED) is 0.537. The van der Waals surface area contributed by atoms with E-state index in [2.05, 4.69) is 6.92 Å². The van der Waals surface area contributed by atoms with Gasteiger partial charge in [0.1, 0.15) is 17.8 Å². The third kappa shape index (κ3) is 0.605. The van der Waals surface area contributed by atoms with Crippen LogP contribution in [0.1, 0.15) is 26.7 Å². The molecule has 0 saturated carbocycles. The van der Waals surface area contributed by atoms with Crippen molar-refractivity contribution in [3.63, 3.8) is 0 Å². The van der Waals surface area contributed by atoms with Gasteiger partial charge in [0.2, 0.25) is 0 Å². The third-order valence-electron chi connectivity index (χ3n) is 3.69. The molecule has 3 fully saturated rings. The molecule has 3 nitrogen and oxygen atoms in total. The van der Waals surface area contributed by atoms with Gasteiger partial charge in [-0.1, -0.05) is 0 Å². The summed E-state index contributed by atoms with van der Waals surface area (Å²) < 4.78 is 11.4. The lowest BCUT2D eigenvalue weighted by molar-refractivity contribution is -0.221. The Kier molecular flexibility index (Phi) is 1.04. The van der Waals surface area contributed by atoms with Gasteiger partial charge in [0.25, 0.3) is 0 Å². The average molecular weight is 170 g/mol. The molecular formula is C9H14O3. The van der Waals surface area contributed by atoms with Crippen molar-refractivity contribution in [3.05, 3.63) is 0 Å². The van der Waals surface area contributed by atoms with Crippen LogP contribution in [-0.4, -0.2) is 34.6 Å². The maximum Gasteiger partial charge on any atom is 0.121 e. The highest BCUT2D eigenvalue weighted by Gasteiger charge is 2.73. The topological polar surface area (TPSA) is 42.0 Å². The average Bonchev–Trinajstić information content (AvgIpc) is 2.74. The molecule has 0 spiro atoms. The first-order chi connectivity index (χ1) is 5.56. The first kappa shape index (κ1) is 7.30. The Morgan fingerprint density at radius 3 is 2.75 bits per heavy atom. The smallest absolute Gasteiger partial charge is 0.121 e. The second-order valence-corrected chi connectivity index (χ2v) is 4.63. The largest absolute Gasteiger partial charge is 0.390 e. The van der Waals surface area contributed by atoms with E-state index in [-0.39, 0.29) is 23.9 Å². The summed E-state index contributed by atoms with van der Waals surface area (Å²) in [4.78, 5) is 0. The third-order valence-corrected chi connectivity index (χ3v) is 3.69. The number of epoxide rings is 1. The molecule has 0 aromatic heterocycles. The zero-order chi connectivity index (χ0) is 8.56. The van der Waals surface area contributed by atoms with E-state index in [1.165, 1.54) is 0 Å². The second kappa shape index (κ2) is 1.72. The fraction of sp³-hybridized carbons (Fsp3) is 1.00. The molecule has 0 aromatic rings. The van der Waals surface area contributed by atoms with Gasteiger partial charge >= 0.3 is 0 Å². The number of aliphatic hydroxyl groups is 1. The molecule has 0 aromatic carbocycles. The second-order valence-electron chi connectivity index (χ2n) is 4.63. The van der Waals surface area contributed by atoms with Crippen molar-refractivity contribution in [1.29, 1.82) is 0 Å². The van der Waals surface area contributed by atoms with Gasteiger partial charge in [-0.3, -0.25) is 0 Å². The fourth-order valence-electron chi connectivity index (χ4n) is 2.79. The predicted octanol–water partition coefficient (Wildman–Crippen LogP) is 0.456. The minimum Gasteiger partial charge on any atom is -0.390 e. The van der Waals surface area contributed by atoms with E-state index in [4.69, 9.17) is 9.47 Å². The molecule has 3 saturated heterocycles. The summed E-state index contributed by atoms with van der Waals surface area (Å²) in [5.74, 6) is 0. The van der Waals surface area contributed by atoms with Crippen LogP contribution in [0.3, 0.4) is 0 Å². The molecule has 3 aliphatic rings. The van der Waals surface area contributed by atoms with Gasteiger partial charge in [-0.25, -0.2) is 0 Å².